The molecule has 0 spiro atoms. The quantitative estimate of drug-likeness (QED) is 0.747. The van der Waals surface area contributed by atoms with Crippen molar-refractivity contribution in [3.8, 4) is 0 Å². The van der Waals surface area contributed by atoms with Crippen molar-refractivity contribution < 1.29 is 0 Å². The van der Waals surface area contributed by atoms with Crippen molar-refractivity contribution in [3.63, 3.8) is 0 Å². The third-order valence-electron chi connectivity index (χ3n) is 4.73. The van der Waals surface area contributed by atoms with Crippen LogP contribution in [0.25, 0.3) is 0 Å². The molecule has 2 unspecified atom stereocenters. The van der Waals surface area contributed by atoms with Crippen LogP contribution in [0.2, 0.25) is 0 Å². The van der Waals surface area contributed by atoms with E-state index in [0.29, 0.717) is 0 Å². The van der Waals surface area contributed by atoms with Gasteiger partial charge in [0.1, 0.15) is 0 Å². The number of hydrogen-bond acceptors (Lipinski definition) is 2. The van der Waals surface area contributed by atoms with Gasteiger partial charge in [-0.05, 0) is 57.5 Å². The molecule has 3 aliphatic rings. The highest BCUT2D eigenvalue weighted by molar-refractivity contribution is 4.91. The smallest absolute Gasteiger partial charge is 0.0195 e. The minimum atomic E-state index is 0.810. The largest absolute Gasteiger partial charge is 0.313 e. The van der Waals surface area contributed by atoms with Crippen LogP contribution in [-0.4, -0.2) is 36.6 Å². The number of nitrogens with zero attached hydrogens (tertiary/aromatic N) is 1. The van der Waals surface area contributed by atoms with Gasteiger partial charge in [-0.3, -0.25) is 4.90 Å². The summed E-state index contributed by atoms with van der Waals surface area (Å²) in [5.74, 6) is 1.06. The molecular formula is C13H24N2. The molecule has 15 heavy (non-hydrogen) atoms. The van der Waals surface area contributed by atoms with Crippen LogP contribution in [0.5, 0.6) is 0 Å². The number of rotatable bonds is 2. The lowest BCUT2D eigenvalue weighted by Crippen LogP contribution is -2.47. The first-order valence-corrected chi connectivity index (χ1v) is 6.91. The summed E-state index contributed by atoms with van der Waals surface area (Å²) >= 11 is 0. The first kappa shape index (κ1) is 10.1. The van der Waals surface area contributed by atoms with E-state index < -0.39 is 0 Å². The van der Waals surface area contributed by atoms with Crippen LogP contribution < -0.4 is 5.32 Å². The van der Waals surface area contributed by atoms with Crippen molar-refractivity contribution in [1.82, 2.24) is 10.2 Å². The molecule has 0 aromatic heterocycles. The molecular weight excluding hydrogens is 184 g/mol. The van der Waals surface area contributed by atoms with E-state index in [0.717, 1.165) is 18.0 Å². The normalized spacial score (nSPS) is 42.0. The average molecular weight is 208 g/mol. The van der Waals surface area contributed by atoms with Crippen molar-refractivity contribution in [2.75, 3.05) is 19.6 Å². The average Bonchev–Trinajstić information content (AvgIpc) is 2.87. The van der Waals surface area contributed by atoms with E-state index in [9.17, 15) is 0 Å². The molecule has 0 aromatic carbocycles. The molecule has 2 nitrogen and oxygen atoms in total. The summed E-state index contributed by atoms with van der Waals surface area (Å²) in [7, 11) is 0. The number of nitrogens with one attached hydrogen (secondary N) is 1. The summed E-state index contributed by atoms with van der Waals surface area (Å²) in [6, 6.07) is 1.77. The molecule has 2 saturated heterocycles. The molecule has 2 aliphatic heterocycles. The second-order valence-corrected chi connectivity index (χ2v) is 5.69. The minimum absolute atomic E-state index is 0.810. The predicted octanol–water partition coefficient (Wildman–Crippen LogP) is 2.00. The fraction of sp³-hybridized carbons (Fsp3) is 1.00. The van der Waals surface area contributed by atoms with Gasteiger partial charge in [0.15, 0.2) is 0 Å². The van der Waals surface area contributed by atoms with Gasteiger partial charge in [-0.1, -0.05) is 6.42 Å². The highest BCUT2D eigenvalue weighted by atomic mass is 15.2. The van der Waals surface area contributed by atoms with E-state index in [1.807, 2.05) is 0 Å². The molecule has 3 rings (SSSR count). The first-order chi connectivity index (χ1) is 7.43. The van der Waals surface area contributed by atoms with Gasteiger partial charge in [-0.2, -0.15) is 0 Å². The van der Waals surface area contributed by atoms with Crippen molar-refractivity contribution >= 4 is 0 Å². The Morgan fingerprint density at radius 2 is 1.93 bits per heavy atom. The molecule has 0 aromatic rings. The van der Waals surface area contributed by atoms with Crippen LogP contribution in [-0.2, 0) is 0 Å². The molecule has 0 radical (unpaired) electrons. The second kappa shape index (κ2) is 4.42. The molecule has 3 fully saturated rings. The lowest BCUT2D eigenvalue weighted by molar-refractivity contribution is 0.104. The van der Waals surface area contributed by atoms with Crippen molar-refractivity contribution in [2.45, 2.75) is 57.0 Å². The van der Waals surface area contributed by atoms with Gasteiger partial charge in [-0.25, -0.2) is 0 Å². The SMILES string of the molecule is C1CC2CCCN(C[C@@H]3CCCN3)C2C1. The summed E-state index contributed by atoms with van der Waals surface area (Å²) in [6.45, 7) is 3.97. The Morgan fingerprint density at radius 1 is 1.00 bits per heavy atom. The van der Waals surface area contributed by atoms with E-state index in [2.05, 4.69) is 10.2 Å². The van der Waals surface area contributed by atoms with E-state index >= 15 is 0 Å². The minimum Gasteiger partial charge on any atom is -0.313 e. The highest BCUT2D eigenvalue weighted by Gasteiger charge is 2.35. The second-order valence-electron chi connectivity index (χ2n) is 5.69. The third-order valence-corrected chi connectivity index (χ3v) is 4.73. The fourth-order valence-electron chi connectivity index (χ4n) is 3.98. The maximum atomic E-state index is 3.64. The van der Waals surface area contributed by atoms with E-state index in [4.69, 9.17) is 0 Å². The molecule has 1 N–H and O–H groups in total. The number of likely N-dealkylation sites (tertiary alicyclic amines) is 1. The topological polar surface area (TPSA) is 15.3 Å². The molecule has 2 heterocycles. The Bertz CT molecular complexity index is 211. The van der Waals surface area contributed by atoms with E-state index in [1.165, 1.54) is 64.6 Å². The predicted molar refractivity (Wildman–Crippen MR) is 63.0 cm³/mol. The maximum Gasteiger partial charge on any atom is 0.0195 e. The first-order valence-electron chi connectivity index (χ1n) is 6.91. The zero-order valence-corrected chi connectivity index (χ0v) is 9.75. The Morgan fingerprint density at radius 3 is 2.80 bits per heavy atom. The van der Waals surface area contributed by atoms with Crippen LogP contribution >= 0.6 is 0 Å². The van der Waals surface area contributed by atoms with Gasteiger partial charge in [0.05, 0.1) is 0 Å². The molecule has 1 aliphatic carbocycles. The molecule has 1 saturated carbocycles. The Labute approximate surface area is 93.4 Å². The van der Waals surface area contributed by atoms with Crippen LogP contribution in [0.4, 0.5) is 0 Å². The summed E-state index contributed by atoms with van der Waals surface area (Å²) in [5.41, 5.74) is 0. The van der Waals surface area contributed by atoms with Gasteiger partial charge in [0.2, 0.25) is 0 Å². The van der Waals surface area contributed by atoms with Crippen LogP contribution in [0, 0.1) is 5.92 Å². The molecule has 3 atom stereocenters. The lowest BCUT2D eigenvalue weighted by Gasteiger charge is -2.39. The summed E-state index contributed by atoms with van der Waals surface area (Å²) in [5, 5.41) is 3.64. The standard InChI is InChI=1S/C13H24N2/c1-4-11-5-3-9-15(13(11)7-1)10-12-6-2-8-14-12/h11-14H,1-10H2/t11?,12-,13?/m0/s1. The highest BCUT2D eigenvalue weighted by Crippen LogP contribution is 2.36. The van der Waals surface area contributed by atoms with Crippen molar-refractivity contribution in [2.24, 2.45) is 5.92 Å². The van der Waals surface area contributed by atoms with Gasteiger partial charge in [0.25, 0.3) is 0 Å². The van der Waals surface area contributed by atoms with Gasteiger partial charge in [-0.15, -0.1) is 0 Å². The van der Waals surface area contributed by atoms with Gasteiger partial charge >= 0.3 is 0 Å². The molecule has 0 amide bonds. The van der Waals surface area contributed by atoms with Crippen LogP contribution in [0.3, 0.4) is 0 Å². The van der Waals surface area contributed by atoms with Crippen LogP contribution in [0.15, 0.2) is 0 Å². The zero-order valence-electron chi connectivity index (χ0n) is 9.75. The van der Waals surface area contributed by atoms with Crippen molar-refractivity contribution in [3.05, 3.63) is 0 Å². The Hall–Kier alpha value is -0.0800. The number of hydrogen-bond donors (Lipinski definition) is 1. The summed E-state index contributed by atoms with van der Waals surface area (Å²) in [6.07, 6.45) is 10.3. The summed E-state index contributed by atoms with van der Waals surface area (Å²) in [4.78, 5) is 2.81. The lowest BCUT2D eigenvalue weighted by atomic mass is 9.91. The van der Waals surface area contributed by atoms with Crippen LogP contribution in [0.1, 0.15) is 44.9 Å². The zero-order chi connectivity index (χ0) is 10.1. The van der Waals surface area contributed by atoms with Gasteiger partial charge in [0, 0.05) is 18.6 Å². The van der Waals surface area contributed by atoms with Crippen molar-refractivity contribution in [1.29, 1.82) is 0 Å². The Kier molecular flexibility index (Phi) is 2.98. The molecule has 0 bridgehead atoms. The maximum absolute atomic E-state index is 3.64. The monoisotopic (exact) mass is 208 g/mol. The number of piperidine rings is 1. The molecule has 86 valence electrons. The fourth-order valence-corrected chi connectivity index (χ4v) is 3.98. The Balaban J connectivity index is 1.59. The van der Waals surface area contributed by atoms with E-state index in [-0.39, 0.29) is 0 Å². The van der Waals surface area contributed by atoms with Gasteiger partial charge < -0.3 is 5.32 Å². The molecule has 2 heteroatoms. The number of fused-ring (bicyclic) bond motifs is 1. The third kappa shape index (κ3) is 2.07. The summed E-state index contributed by atoms with van der Waals surface area (Å²) < 4.78 is 0. The van der Waals surface area contributed by atoms with E-state index in [1.54, 1.807) is 0 Å².